The predicted octanol–water partition coefficient (Wildman–Crippen LogP) is 0.975. The van der Waals surface area contributed by atoms with Crippen molar-refractivity contribution >= 4 is 11.7 Å². The van der Waals surface area contributed by atoms with E-state index in [-0.39, 0.29) is 11.7 Å². The van der Waals surface area contributed by atoms with Crippen LogP contribution in [0.5, 0.6) is 0 Å². The van der Waals surface area contributed by atoms with Crippen LogP contribution in [0, 0.1) is 0 Å². The fraction of sp³-hybridized carbons (Fsp3) is 0.467. The molecule has 6 nitrogen and oxygen atoms in total. The Labute approximate surface area is 125 Å². The van der Waals surface area contributed by atoms with Crippen molar-refractivity contribution in [2.45, 2.75) is 18.8 Å². The van der Waals surface area contributed by atoms with Crippen LogP contribution in [0.25, 0.3) is 0 Å². The molecule has 4 N–H and O–H groups in total. The van der Waals surface area contributed by atoms with Crippen LogP contribution in [-0.2, 0) is 4.79 Å². The lowest BCUT2D eigenvalue weighted by atomic mass is 9.97. The SMILES string of the molecule is CN(C)CCCCNC(=O)C(C(N)=NO)c1ccccc1. The number of nitrogens with two attached hydrogens (primary N) is 1. The lowest BCUT2D eigenvalue weighted by Crippen LogP contribution is -2.37. The lowest BCUT2D eigenvalue weighted by Gasteiger charge is -2.16. The number of hydrogen-bond donors (Lipinski definition) is 3. The van der Waals surface area contributed by atoms with Crippen LogP contribution >= 0.6 is 0 Å². The van der Waals surface area contributed by atoms with Crippen molar-refractivity contribution < 1.29 is 10.0 Å². The van der Waals surface area contributed by atoms with E-state index in [0.717, 1.165) is 19.4 Å². The van der Waals surface area contributed by atoms with Crippen LogP contribution in [0.2, 0.25) is 0 Å². The summed E-state index contributed by atoms with van der Waals surface area (Å²) in [5.41, 5.74) is 6.36. The highest BCUT2D eigenvalue weighted by Crippen LogP contribution is 2.16. The first kappa shape index (κ1) is 17.0. The van der Waals surface area contributed by atoms with E-state index < -0.39 is 5.92 Å². The van der Waals surface area contributed by atoms with Gasteiger partial charge in [-0.15, -0.1) is 0 Å². The summed E-state index contributed by atoms with van der Waals surface area (Å²) in [6, 6.07) is 9.06. The van der Waals surface area contributed by atoms with Gasteiger partial charge in [0.05, 0.1) is 0 Å². The van der Waals surface area contributed by atoms with Gasteiger partial charge in [0.1, 0.15) is 5.92 Å². The van der Waals surface area contributed by atoms with Crippen molar-refractivity contribution in [3.63, 3.8) is 0 Å². The van der Waals surface area contributed by atoms with E-state index in [4.69, 9.17) is 10.9 Å². The maximum atomic E-state index is 12.2. The second-order valence-electron chi connectivity index (χ2n) is 5.17. The molecule has 6 heteroatoms. The summed E-state index contributed by atoms with van der Waals surface area (Å²) in [6.07, 6.45) is 1.90. The molecule has 1 atom stereocenters. The van der Waals surface area contributed by atoms with Crippen molar-refractivity contribution in [1.82, 2.24) is 10.2 Å². The van der Waals surface area contributed by atoms with Crippen molar-refractivity contribution in [3.05, 3.63) is 35.9 Å². The minimum Gasteiger partial charge on any atom is -0.409 e. The van der Waals surface area contributed by atoms with Gasteiger partial charge in [-0.25, -0.2) is 0 Å². The topological polar surface area (TPSA) is 91.0 Å². The fourth-order valence-electron chi connectivity index (χ4n) is 2.03. The second kappa shape index (κ2) is 8.97. The van der Waals surface area contributed by atoms with E-state index in [1.807, 2.05) is 32.3 Å². The molecule has 1 rings (SSSR count). The first-order valence-electron chi connectivity index (χ1n) is 7.01. The number of unbranched alkanes of at least 4 members (excludes halogenated alkanes) is 1. The zero-order valence-corrected chi connectivity index (χ0v) is 12.6. The first-order valence-corrected chi connectivity index (χ1v) is 7.01. The second-order valence-corrected chi connectivity index (χ2v) is 5.17. The predicted molar refractivity (Wildman–Crippen MR) is 83.4 cm³/mol. The van der Waals surface area contributed by atoms with Crippen LogP contribution in [0.4, 0.5) is 0 Å². The number of amidine groups is 1. The lowest BCUT2D eigenvalue weighted by molar-refractivity contribution is -0.121. The minimum atomic E-state index is -0.759. The number of nitrogens with one attached hydrogen (secondary N) is 1. The van der Waals surface area contributed by atoms with Gasteiger partial charge >= 0.3 is 0 Å². The zero-order chi connectivity index (χ0) is 15.7. The molecule has 1 amide bonds. The Hall–Kier alpha value is -2.08. The normalized spacial score (nSPS) is 13.2. The third kappa shape index (κ3) is 5.83. The standard InChI is InChI=1S/C15H24N4O2/c1-19(2)11-7-6-10-17-15(20)13(14(16)18-21)12-8-4-3-5-9-12/h3-5,8-9,13,21H,6-7,10-11H2,1-2H3,(H2,16,18)(H,17,20). The summed E-state index contributed by atoms with van der Waals surface area (Å²) in [5.74, 6) is -1.11. The van der Waals surface area contributed by atoms with E-state index in [1.54, 1.807) is 12.1 Å². The number of carbonyl (C=O) groups excluding carboxylic acids is 1. The van der Waals surface area contributed by atoms with Crippen LogP contribution < -0.4 is 11.1 Å². The number of hydrogen-bond acceptors (Lipinski definition) is 4. The van der Waals surface area contributed by atoms with Crippen molar-refractivity contribution in [1.29, 1.82) is 0 Å². The molecule has 0 radical (unpaired) electrons. The third-order valence-electron chi connectivity index (χ3n) is 3.14. The van der Waals surface area contributed by atoms with Crippen LogP contribution in [0.15, 0.2) is 35.5 Å². The van der Waals surface area contributed by atoms with Gasteiger partial charge in [0.15, 0.2) is 5.84 Å². The maximum absolute atomic E-state index is 12.2. The zero-order valence-electron chi connectivity index (χ0n) is 12.6. The molecule has 0 bridgehead atoms. The largest absolute Gasteiger partial charge is 0.409 e. The van der Waals surface area contributed by atoms with Gasteiger partial charge < -0.3 is 21.2 Å². The third-order valence-corrected chi connectivity index (χ3v) is 3.14. The average molecular weight is 292 g/mol. The summed E-state index contributed by atoms with van der Waals surface area (Å²) in [4.78, 5) is 14.3. The Morgan fingerprint density at radius 3 is 2.57 bits per heavy atom. The fourth-order valence-corrected chi connectivity index (χ4v) is 2.03. The van der Waals surface area contributed by atoms with Crippen LogP contribution in [0.1, 0.15) is 24.3 Å². The molecule has 0 saturated heterocycles. The molecule has 21 heavy (non-hydrogen) atoms. The van der Waals surface area contributed by atoms with E-state index >= 15 is 0 Å². The molecule has 0 saturated carbocycles. The molecule has 0 heterocycles. The van der Waals surface area contributed by atoms with Gasteiger partial charge in [-0.05, 0) is 39.0 Å². The molecular formula is C15H24N4O2. The smallest absolute Gasteiger partial charge is 0.235 e. The number of carbonyl (C=O) groups is 1. The molecule has 0 aliphatic carbocycles. The van der Waals surface area contributed by atoms with Crippen molar-refractivity contribution in [3.8, 4) is 0 Å². The van der Waals surface area contributed by atoms with Crippen LogP contribution in [-0.4, -0.2) is 49.0 Å². The maximum Gasteiger partial charge on any atom is 0.235 e. The monoisotopic (exact) mass is 292 g/mol. The molecular weight excluding hydrogens is 268 g/mol. The summed E-state index contributed by atoms with van der Waals surface area (Å²) < 4.78 is 0. The van der Waals surface area contributed by atoms with E-state index in [1.165, 1.54) is 0 Å². The summed E-state index contributed by atoms with van der Waals surface area (Å²) in [7, 11) is 4.03. The highest BCUT2D eigenvalue weighted by molar-refractivity contribution is 6.07. The molecule has 0 aromatic heterocycles. The van der Waals surface area contributed by atoms with Crippen LogP contribution in [0.3, 0.4) is 0 Å². The number of amides is 1. The van der Waals surface area contributed by atoms with E-state index in [2.05, 4.69) is 15.4 Å². The Balaban J connectivity index is 2.58. The van der Waals surface area contributed by atoms with E-state index in [0.29, 0.717) is 12.1 Å². The van der Waals surface area contributed by atoms with Gasteiger partial charge in [0, 0.05) is 6.54 Å². The molecule has 0 spiro atoms. The minimum absolute atomic E-state index is 0.105. The van der Waals surface area contributed by atoms with Gasteiger partial charge in [-0.3, -0.25) is 4.79 Å². The number of benzene rings is 1. The van der Waals surface area contributed by atoms with Gasteiger partial charge in [-0.1, -0.05) is 35.5 Å². The summed E-state index contributed by atoms with van der Waals surface area (Å²) in [5, 5.41) is 14.7. The molecule has 0 aliphatic rings. The molecule has 0 aliphatic heterocycles. The Kier molecular flexibility index (Phi) is 7.25. The van der Waals surface area contributed by atoms with Gasteiger partial charge in [0.2, 0.25) is 5.91 Å². The summed E-state index contributed by atoms with van der Waals surface area (Å²) >= 11 is 0. The molecule has 0 fully saturated rings. The molecule has 1 aromatic carbocycles. The number of nitrogens with zero attached hydrogens (tertiary/aromatic N) is 2. The molecule has 116 valence electrons. The van der Waals surface area contributed by atoms with Crippen molar-refractivity contribution in [2.75, 3.05) is 27.2 Å². The molecule has 1 unspecified atom stereocenters. The Morgan fingerprint density at radius 1 is 1.33 bits per heavy atom. The highest BCUT2D eigenvalue weighted by atomic mass is 16.4. The van der Waals surface area contributed by atoms with Crippen molar-refractivity contribution in [2.24, 2.45) is 10.9 Å². The first-order chi connectivity index (χ1) is 10.1. The molecule has 1 aromatic rings. The van der Waals surface area contributed by atoms with E-state index in [9.17, 15) is 4.79 Å². The quantitative estimate of drug-likeness (QED) is 0.219. The Morgan fingerprint density at radius 2 is 2.00 bits per heavy atom. The average Bonchev–Trinajstić information content (AvgIpc) is 2.47. The van der Waals surface area contributed by atoms with Gasteiger partial charge in [0.25, 0.3) is 0 Å². The summed E-state index contributed by atoms with van der Waals surface area (Å²) in [6.45, 7) is 1.56. The van der Waals surface area contributed by atoms with Gasteiger partial charge in [-0.2, -0.15) is 0 Å². The highest BCUT2D eigenvalue weighted by Gasteiger charge is 2.24. The number of oxime groups is 1. The Bertz CT molecular complexity index is 460. The number of rotatable bonds is 8.